The molecule has 0 saturated heterocycles. The summed E-state index contributed by atoms with van der Waals surface area (Å²) in [5, 5.41) is 0. The molecule has 2 heterocycles. The van der Waals surface area contributed by atoms with Crippen LogP contribution in [-0.4, -0.2) is 32.0 Å². The van der Waals surface area contributed by atoms with Crippen molar-refractivity contribution in [1.82, 2.24) is 21.9 Å². The van der Waals surface area contributed by atoms with Gasteiger partial charge in [-0.1, -0.05) is 6.92 Å². The third-order valence-corrected chi connectivity index (χ3v) is 3.30. The second kappa shape index (κ2) is 8.31. The molecule has 12 heteroatoms. The molecule has 132 valence electrons. The first-order chi connectivity index (χ1) is 9.80. The van der Waals surface area contributed by atoms with Crippen molar-refractivity contribution in [2.75, 3.05) is 6.35 Å². The fourth-order valence-corrected chi connectivity index (χ4v) is 2.15. The number of aromatic nitrogens is 2. The molecule has 2 atom stereocenters. The average molecular weight is 352 g/mol. The van der Waals surface area contributed by atoms with E-state index in [4.69, 9.17) is 19.3 Å². The van der Waals surface area contributed by atoms with Gasteiger partial charge in [-0.05, 0) is 18.6 Å². The lowest BCUT2D eigenvalue weighted by Crippen LogP contribution is -2.34. The molecule has 0 fully saturated rings. The van der Waals surface area contributed by atoms with E-state index >= 15 is 0 Å². The Morgan fingerprint density at radius 1 is 1.35 bits per heavy atom. The molecular weight excluding hydrogens is 331 g/mol. The highest BCUT2D eigenvalue weighted by Crippen LogP contribution is 2.35. The monoisotopic (exact) mass is 352 g/mol. The summed E-state index contributed by atoms with van der Waals surface area (Å²) in [5.74, 6) is 0. The second-order valence-electron chi connectivity index (χ2n) is 4.41. The lowest BCUT2D eigenvalue weighted by molar-refractivity contribution is -0.127. The van der Waals surface area contributed by atoms with Crippen molar-refractivity contribution in [3.8, 4) is 0 Å². The summed E-state index contributed by atoms with van der Waals surface area (Å²) >= 11 is 0. The maximum Gasteiger partial charge on any atom is 0.351 e. The maximum absolute atomic E-state index is 11.7. The Bertz CT molecular complexity index is 707. The molecule has 2 rings (SSSR count). The van der Waals surface area contributed by atoms with Crippen molar-refractivity contribution in [1.29, 1.82) is 0 Å². The Morgan fingerprint density at radius 3 is 2.57 bits per heavy atom. The molecule has 0 bridgehead atoms. The van der Waals surface area contributed by atoms with Gasteiger partial charge in [-0.15, -0.1) is 0 Å². The van der Waals surface area contributed by atoms with Crippen molar-refractivity contribution >= 4 is 7.60 Å². The first-order valence-corrected chi connectivity index (χ1v) is 7.94. The lowest BCUT2D eigenvalue weighted by atomic mass is 10.2. The third kappa shape index (κ3) is 5.52. The van der Waals surface area contributed by atoms with E-state index in [1.54, 1.807) is 6.92 Å². The molecule has 0 aliphatic carbocycles. The number of nitrogens with one attached hydrogen (secondary N) is 1. The van der Waals surface area contributed by atoms with Crippen LogP contribution < -0.4 is 23.6 Å². The summed E-state index contributed by atoms with van der Waals surface area (Å²) in [6.45, 7) is 1.77. The largest absolute Gasteiger partial charge is 0.351 e. The normalized spacial score (nSPS) is 20.0. The molecule has 0 radical (unpaired) electrons. The number of aryl methyl sites for hydroxylation is 1. The fraction of sp³-hybridized carbons (Fsp3) is 0.455. The Morgan fingerprint density at radius 2 is 2.00 bits per heavy atom. The summed E-state index contributed by atoms with van der Waals surface area (Å²) < 4.78 is 22.1. The van der Waals surface area contributed by atoms with E-state index in [2.05, 4.69) is 4.98 Å². The minimum absolute atomic E-state index is 0. The lowest BCUT2D eigenvalue weighted by Gasteiger charge is -2.17. The molecule has 1 aromatic rings. The summed E-state index contributed by atoms with van der Waals surface area (Å²) in [6.07, 6.45) is 2.22. The van der Waals surface area contributed by atoms with E-state index in [1.807, 2.05) is 0 Å². The molecular formula is C11H21N4O7P. The molecule has 11 nitrogen and oxygen atoms in total. The number of rotatable bonds is 5. The van der Waals surface area contributed by atoms with E-state index in [9.17, 15) is 14.2 Å². The van der Waals surface area contributed by atoms with Crippen LogP contribution in [0, 0.1) is 0 Å². The first-order valence-electron chi connectivity index (χ1n) is 6.14. The molecule has 0 spiro atoms. The zero-order valence-corrected chi connectivity index (χ0v) is 13.4. The zero-order valence-electron chi connectivity index (χ0n) is 12.5. The van der Waals surface area contributed by atoms with Gasteiger partial charge < -0.3 is 31.6 Å². The number of aromatic amines is 1. The summed E-state index contributed by atoms with van der Waals surface area (Å²) in [7, 11) is -4.29. The number of nitrogens with zero attached hydrogens (tertiary/aromatic N) is 1. The van der Waals surface area contributed by atoms with Gasteiger partial charge in [0.05, 0.1) is 0 Å². The van der Waals surface area contributed by atoms with Crippen LogP contribution in [0.15, 0.2) is 27.9 Å². The van der Waals surface area contributed by atoms with Crippen LogP contribution in [0.1, 0.15) is 18.7 Å². The van der Waals surface area contributed by atoms with Crippen molar-refractivity contribution in [2.45, 2.75) is 25.9 Å². The van der Waals surface area contributed by atoms with Crippen LogP contribution in [0.25, 0.3) is 0 Å². The van der Waals surface area contributed by atoms with Gasteiger partial charge in [-0.2, -0.15) is 0 Å². The Labute approximate surface area is 131 Å². The number of hydrogen-bond donors (Lipinski definition) is 5. The van der Waals surface area contributed by atoms with Crippen molar-refractivity contribution in [2.24, 2.45) is 0 Å². The SMILES string of the molecule is CCc1cn(C2C=CC(OCP(=O)(O)O)O2)c(=O)[nH]c1=O.N.N. The summed E-state index contributed by atoms with van der Waals surface area (Å²) in [6, 6.07) is 0. The highest BCUT2D eigenvalue weighted by Gasteiger charge is 2.25. The topological polar surface area (TPSA) is 201 Å². The molecule has 0 aromatic carbocycles. The minimum atomic E-state index is -4.29. The third-order valence-electron chi connectivity index (χ3n) is 2.81. The van der Waals surface area contributed by atoms with Gasteiger partial charge in [-0.3, -0.25) is 18.9 Å². The standard InChI is InChI=1S/C11H15N2O7P.2H3N/c1-2-7-5-13(11(15)12-10(7)14)8-3-4-9(20-8)19-6-21(16,17)18;;/h3-5,8-9H,2,6H2,1H3,(H,12,14,15)(H2,16,17,18);2*1H3. The van der Waals surface area contributed by atoms with Crippen molar-refractivity contribution in [3.05, 3.63) is 44.8 Å². The molecule has 0 saturated carbocycles. The van der Waals surface area contributed by atoms with Gasteiger partial charge in [0.25, 0.3) is 5.56 Å². The fourth-order valence-electron chi connectivity index (χ4n) is 1.81. The van der Waals surface area contributed by atoms with Gasteiger partial charge >= 0.3 is 13.3 Å². The zero-order chi connectivity index (χ0) is 15.6. The van der Waals surface area contributed by atoms with Gasteiger partial charge in [-0.25, -0.2) is 4.79 Å². The molecule has 1 aliphatic rings. The molecule has 1 aromatic heterocycles. The number of hydrogen-bond acceptors (Lipinski definition) is 7. The molecule has 1 aliphatic heterocycles. The van der Waals surface area contributed by atoms with E-state index < -0.39 is 37.7 Å². The second-order valence-corrected chi connectivity index (χ2v) is 6.00. The first kappa shape index (κ1) is 21.4. The predicted octanol–water partition coefficient (Wildman–Crippen LogP) is -0.0141. The highest BCUT2D eigenvalue weighted by molar-refractivity contribution is 7.51. The van der Waals surface area contributed by atoms with Crippen LogP contribution in [0.4, 0.5) is 0 Å². The Kier molecular flexibility index (Phi) is 7.74. The summed E-state index contributed by atoms with van der Waals surface area (Å²) in [5.41, 5.74) is -0.663. The molecule has 23 heavy (non-hydrogen) atoms. The van der Waals surface area contributed by atoms with Crippen LogP contribution in [-0.2, 0) is 20.5 Å². The van der Waals surface area contributed by atoms with Crippen LogP contribution in [0.5, 0.6) is 0 Å². The maximum atomic E-state index is 11.7. The van der Waals surface area contributed by atoms with Crippen LogP contribution in [0.3, 0.4) is 0 Å². The predicted molar refractivity (Wildman–Crippen MR) is 81.8 cm³/mol. The smallest absolute Gasteiger partial charge is 0.344 e. The van der Waals surface area contributed by atoms with E-state index in [1.165, 1.54) is 22.9 Å². The minimum Gasteiger partial charge on any atom is -0.344 e. The van der Waals surface area contributed by atoms with Crippen LogP contribution in [0.2, 0.25) is 0 Å². The van der Waals surface area contributed by atoms with E-state index in [0.717, 1.165) is 0 Å². The van der Waals surface area contributed by atoms with Crippen molar-refractivity contribution < 1.29 is 23.8 Å². The highest BCUT2D eigenvalue weighted by atomic mass is 31.2. The molecule has 2 unspecified atom stereocenters. The van der Waals surface area contributed by atoms with Gasteiger partial charge in [0.2, 0.25) is 0 Å². The van der Waals surface area contributed by atoms with Gasteiger partial charge in [0.15, 0.2) is 18.9 Å². The quantitative estimate of drug-likeness (QED) is 0.356. The molecule has 9 N–H and O–H groups in total. The Hall–Kier alpha value is -1.59. The number of ether oxygens (including phenoxy) is 2. The van der Waals surface area contributed by atoms with Crippen molar-refractivity contribution in [3.63, 3.8) is 0 Å². The van der Waals surface area contributed by atoms with E-state index in [0.29, 0.717) is 12.0 Å². The van der Waals surface area contributed by atoms with Gasteiger partial charge in [0, 0.05) is 11.8 Å². The van der Waals surface area contributed by atoms with Crippen LogP contribution >= 0.6 is 7.60 Å². The van der Waals surface area contributed by atoms with Gasteiger partial charge in [0.1, 0.15) is 0 Å². The summed E-state index contributed by atoms with van der Waals surface area (Å²) in [4.78, 5) is 42.8. The average Bonchev–Trinajstić information content (AvgIpc) is 2.84. The molecule has 0 amide bonds. The Balaban J connectivity index is 0.00000242. The number of H-pyrrole nitrogens is 1. The van der Waals surface area contributed by atoms with E-state index in [-0.39, 0.29) is 12.3 Å².